The fourth-order valence-electron chi connectivity index (χ4n) is 4.83. The third-order valence-electron chi connectivity index (χ3n) is 7.13. The number of hydrogen-bond acceptors (Lipinski definition) is 7. The minimum Gasteiger partial charge on any atom is -0.507 e. The van der Waals surface area contributed by atoms with E-state index in [4.69, 9.17) is 4.74 Å². The first kappa shape index (κ1) is 28.0. The van der Waals surface area contributed by atoms with Crippen molar-refractivity contribution in [3.63, 3.8) is 0 Å². The predicted molar refractivity (Wildman–Crippen MR) is 144 cm³/mol. The molecule has 4 rings (SSSR count). The van der Waals surface area contributed by atoms with Gasteiger partial charge in [0.15, 0.2) is 0 Å². The molecule has 2 aliphatic heterocycles. The zero-order chi connectivity index (χ0) is 27.4. The van der Waals surface area contributed by atoms with Crippen LogP contribution in [0.4, 0.5) is 0 Å². The van der Waals surface area contributed by atoms with Gasteiger partial charge in [-0.2, -0.15) is 0 Å². The Morgan fingerprint density at radius 1 is 1.00 bits per heavy atom. The molecule has 1 N–H and O–H groups in total. The van der Waals surface area contributed by atoms with E-state index in [0.717, 1.165) is 41.5 Å². The summed E-state index contributed by atoms with van der Waals surface area (Å²) in [7, 11) is -0.776. The number of ether oxygens (including phenoxy) is 1. The Balaban J connectivity index is 1.68. The van der Waals surface area contributed by atoms with E-state index in [9.17, 15) is 23.1 Å². The van der Waals surface area contributed by atoms with Crippen LogP contribution in [-0.2, 0) is 30.8 Å². The second kappa shape index (κ2) is 11.8. The van der Waals surface area contributed by atoms with Crippen molar-refractivity contribution in [1.29, 1.82) is 0 Å². The van der Waals surface area contributed by atoms with Crippen LogP contribution in [0.3, 0.4) is 0 Å². The zero-order valence-electron chi connectivity index (χ0n) is 22.1. The molecule has 0 saturated carbocycles. The van der Waals surface area contributed by atoms with Crippen molar-refractivity contribution in [3.05, 3.63) is 70.8 Å². The molecule has 2 saturated heterocycles. The number of likely N-dealkylation sites (tertiary alicyclic amines) is 1. The zero-order valence-corrected chi connectivity index (χ0v) is 22.9. The Labute approximate surface area is 224 Å². The van der Waals surface area contributed by atoms with E-state index in [1.807, 2.05) is 31.2 Å². The maximum atomic E-state index is 13.3. The second-order valence-corrected chi connectivity index (χ2v) is 11.9. The number of sulfonamides is 1. The molecule has 9 nitrogen and oxygen atoms in total. The number of aliphatic hydroxyl groups is 1. The molecule has 2 heterocycles. The predicted octanol–water partition coefficient (Wildman–Crippen LogP) is 2.64. The van der Waals surface area contributed by atoms with Crippen molar-refractivity contribution in [1.82, 2.24) is 14.1 Å². The van der Waals surface area contributed by atoms with Gasteiger partial charge in [0.25, 0.3) is 11.7 Å². The number of hydrogen-bond donors (Lipinski definition) is 1. The van der Waals surface area contributed by atoms with E-state index in [1.54, 1.807) is 4.90 Å². The number of Topliss-reactive ketones (excluding diaryl/α,β-unsaturated/α-hetero) is 1. The maximum absolute atomic E-state index is 13.3. The number of aryl methyl sites for hydroxylation is 1. The number of rotatable bonds is 9. The van der Waals surface area contributed by atoms with E-state index in [0.29, 0.717) is 26.2 Å². The van der Waals surface area contributed by atoms with Crippen molar-refractivity contribution >= 4 is 27.5 Å². The molecular formula is C28H35N3O6S. The number of amides is 1. The van der Waals surface area contributed by atoms with Crippen LogP contribution in [-0.4, -0.2) is 92.8 Å². The molecular weight excluding hydrogens is 506 g/mol. The molecule has 0 unspecified atom stereocenters. The van der Waals surface area contributed by atoms with E-state index in [-0.39, 0.29) is 21.8 Å². The van der Waals surface area contributed by atoms with Gasteiger partial charge in [-0.05, 0) is 48.2 Å². The van der Waals surface area contributed by atoms with Gasteiger partial charge in [-0.25, -0.2) is 12.7 Å². The Morgan fingerprint density at radius 3 is 2.21 bits per heavy atom. The van der Waals surface area contributed by atoms with Crippen molar-refractivity contribution < 1.29 is 27.9 Å². The van der Waals surface area contributed by atoms with E-state index < -0.39 is 27.8 Å². The van der Waals surface area contributed by atoms with Crippen LogP contribution in [0.1, 0.15) is 36.1 Å². The number of ketones is 1. The third-order valence-corrected chi connectivity index (χ3v) is 8.96. The first-order valence-corrected chi connectivity index (χ1v) is 14.3. The highest BCUT2D eigenvalue weighted by atomic mass is 32.2. The molecule has 2 fully saturated rings. The number of morpholine rings is 1. The Hall–Kier alpha value is -3.05. The summed E-state index contributed by atoms with van der Waals surface area (Å²) in [4.78, 5) is 30.4. The summed E-state index contributed by atoms with van der Waals surface area (Å²) in [6.07, 6.45) is 1.52. The van der Waals surface area contributed by atoms with Crippen molar-refractivity contribution in [2.24, 2.45) is 0 Å². The Kier molecular flexibility index (Phi) is 8.67. The molecule has 1 atom stereocenters. The lowest BCUT2D eigenvalue weighted by atomic mass is 9.94. The van der Waals surface area contributed by atoms with Gasteiger partial charge in [0, 0.05) is 45.8 Å². The van der Waals surface area contributed by atoms with E-state index >= 15 is 0 Å². The number of aliphatic hydroxyl groups excluding tert-OH is 1. The van der Waals surface area contributed by atoms with Gasteiger partial charge in [0.2, 0.25) is 10.0 Å². The quantitative estimate of drug-likeness (QED) is 0.295. The van der Waals surface area contributed by atoms with Gasteiger partial charge in [-0.3, -0.25) is 14.5 Å². The molecule has 1 amide bonds. The third kappa shape index (κ3) is 5.68. The molecule has 204 valence electrons. The lowest BCUT2D eigenvalue weighted by Crippen LogP contribution is -2.38. The largest absolute Gasteiger partial charge is 0.507 e. The summed E-state index contributed by atoms with van der Waals surface area (Å²) in [5.74, 6) is -1.72. The van der Waals surface area contributed by atoms with Crippen LogP contribution in [0.15, 0.2) is 59.0 Å². The molecule has 0 spiro atoms. The van der Waals surface area contributed by atoms with Gasteiger partial charge < -0.3 is 14.7 Å². The topological polar surface area (TPSA) is 107 Å². The van der Waals surface area contributed by atoms with E-state index in [2.05, 4.69) is 4.90 Å². The normalized spacial score (nSPS) is 20.4. The van der Waals surface area contributed by atoms with Crippen molar-refractivity contribution in [2.45, 2.75) is 30.7 Å². The molecule has 38 heavy (non-hydrogen) atoms. The highest BCUT2D eigenvalue weighted by Gasteiger charge is 2.45. The molecule has 0 aromatic heterocycles. The lowest BCUT2D eigenvalue weighted by molar-refractivity contribution is -0.140. The number of carbonyl (C=O) groups excluding carboxylic acids is 2. The Morgan fingerprint density at radius 2 is 1.63 bits per heavy atom. The number of carbonyl (C=O) groups is 2. The molecule has 0 radical (unpaired) electrons. The van der Waals surface area contributed by atoms with Crippen LogP contribution < -0.4 is 0 Å². The minimum atomic E-state index is -3.65. The maximum Gasteiger partial charge on any atom is 0.295 e. The first-order valence-electron chi connectivity index (χ1n) is 12.9. The average molecular weight is 542 g/mol. The summed E-state index contributed by atoms with van der Waals surface area (Å²) in [5, 5.41) is 11.3. The molecule has 0 bridgehead atoms. The summed E-state index contributed by atoms with van der Waals surface area (Å²) >= 11 is 0. The fourth-order valence-corrected chi connectivity index (χ4v) is 5.74. The summed E-state index contributed by atoms with van der Waals surface area (Å²) < 4.78 is 31.4. The van der Waals surface area contributed by atoms with Crippen molar-refractivity contribution in [2.75, 3.05) is 53.5 Å². The van der Waals surface area contributed by atoms with Gasteiger partial charge in [-0.1, -0.05) is 31.2 Å². The SMILES string of the molecule is CCc1ccc([C@H]2C(=C(O)c3ccc(S(=O)(=O)N(C)C)cc3)C(=O)C(=O)N2CCCN2CCOCC2)cc1. The van der Waals surface area contributed by atoms with Crippen LogP contribution in [0.5, 0.6) is 0 Å². The summed E-state index contributed by atoms with van der Waals surface area (Å²) in [6, 6.07) is 12.6. The van der Waals surface area contributed by atoms with Gasteiger partial charge >= 0.3 is 0 Å². The smallest absolute Gasteiger partial charge is 0.295 e. The molecule has 10 heteroatoms. The number of nitrogens with zero attached hydrogens (tertiary/aromatic N) is 3. The molecule has 2 aliphatic rings. The van der Waals surface area contributed by atoms with Gasteiger partial charge in [-0.15, -0.1) is 0 Å². The van der Waals surface area contributed by atoms with Crippen LogP contribution in [0, 0.1) is 0 Å². The van der Waals surface area contributed by atoms with E-state index in [1.165, 1.54) is 38.4 Å². The fraction of sp³-hybridized carbons (Fsp3) is 0.429. The van der Waals surface area contributed by atoms with Crippen molar-refractivity contribution in [3.8, 4) is 0 Å². The van der Waals surface area contributed by atoms with Gasteiger partial charge in [0.05, 0.1) is 29.7 Å². The number of benzene rings is 2. The summed E-state index contributed by atoms with van der Waals surface area (Å²) in [6.45, 7) is 6.22. The first-order chi connectivity index (χ1) is 18.1. The molecule has 0 aliphatic carbocycles. The summed E-state index contributed by atoms with van der Waals surface area (Å²) in [5.41, 5.74) is 2.13. The molecule has 2 aromatic carbocycles. The molecule has 2 aromatic rings. The van der Waals surface area contributed by atoms with Crippen LogP contribution >= 0.6 is 0 Å². The lowest BCUT2D eigenvalue weighted by Gasteiger charge is -2.29. The second-order valence-electron chi connectivity index (χ2n) is 9.71. The minimum absolute atomic E-state index is 0.00818. The monoisotopic (exact) mass is 541 g/mol. The van der Waals surface area contributed by atoms with Crippen LogP contribution in [0.25, 0.3) is 5.76 Å². The highest BCUT2D eigenvalue weighted by Crippen LogP contribution is 2.39. The van der Waals surface area contributed by atoms with Gasteiger partial charge in [0.1, 0.15) is 5.76 Å². The average Bonchev–Trinajstić information content (AvgIpc) is 3.18. The highest BCUT2D eigenvalue weighted by molar-refractivity contribution is 7.89. The standard InChI is InChI=1S/C28H35N3O6S/c1-4-20-6-8-21(9-7-20)25-24(26(32)22-10-12-23(13-11-22)38(35,36)29(2)3)27(33)28(34)31(25)15-5-14-30-16-18-37-19-17-30/h6-13,25,32H,4-5,14-19H2,1-3H3/t25-/m0/s1. The Bertz CT molecular complexity index is 1300. The van der Waals surface area contributed by atoms with Crippen LogP contribution in [0.2, 0.25) is 0 Å².